The Hall–Kier alpha value is -0.780. The molecule has 0 bridgehead atoms. The zero-order valence-electron chi connectivity index (χ0n) is 10.7. The third kappa shape index (κ3) is 6.66. The van der Waals surface area contributed by atoms with Crippen molar-refractivity contribution in [3.8, 4) is 0 Å². The summed E-state index contributed by atoms with van der Waals surface area (Å²) < 4.78 is 0. The van der Waals surface area contributed by atoms with E-state index < -0.39 is 0 Å². The molecule has 0 nitrogen and oxygen atoms in total. The van der Waals surface area contributed by atoms with Crippen molar-refractivity contribution >= 4 is 0 Å². The molecule has 0 N–H and O–H groups in total. The molecule has 0 spiro atoms. The second kappa shape index (κ2) is 9.45. The van der Waals surface area contributed by atoms with Crippen LogP contribution in [0.5, 0.6) is 0 Å². The lowest BCUT2D eigenvalue weighted by molar-refractivity contribution is 0.575. The highest BCUT2D eigenvalue weighted by Gasteiger charge is 1.93. The fourth-order valence-electron chi connectivity index (χ4n) is 2.05. The minimum absolute atomic E-state index is 1.24. The average Bonchev–Trinajstić information content (AvgIpc) is 2.34. The summed E-state index contributed by atoms with van der Waals surface area (Å²) in [7, 11) is 0. The van der Waals surface area contributed by atoms with Crippen molar-refractivity contribution in [1.82, 2.24) is 0 Å². The zero-order valence-corrected chi connectivity index (χ0v) is 10.7. The van der Waals surface area contributed by atoms with E-state index in [1.54, 1.807) is 0 Å². The molecule has 0 heteroatoms. The van der Waals surface area contributed by atoms with Gasteiger partial charge in [0.05, 0.1) is 0 Å². The van der Waals surface area contributed by atoms with E-state index in [4.69, 9.17) is 0 Å². The topological polar surface area (TPSA) is 0 Å². The molecule has 16 heavy (non-hydrogen) atoms. The van der Waals surface area contributed by atoms with Gasteiger partial charge in [-0.2, -0.15) is 0 Å². The lowest BCUT2D eigenvalue weighted by atomic mass is 10.0. The van der Waals surface area contributed by atoms with Gasteiger partial charge >= 0.3 is 0 Å². The summed E-state index contributed by atoms with van der Waals surface area (Å²) in [5, 5.41) is 0. The Morgan fingerprint density at radius 3 is 2.00 bits per heavy atom. The minimum atomic E-state index is 1.24. The smallest absolute Gasteiger partial charge is 0.0184 e. The van der Waals surface area contributed by atoms with Crippen molar-refractivity contribution < 1.29 is 0 Å². The highest BCUT2D eigenvalue weighted by Crippen LogP contribution is 2.10. The van der Waals surface area contributed by atoms with Crippen LogP contribution in [0, 0.1) is 6.07 Å². The van der Waals surface area contributed by atoms with Crippen LogP contribution >= 0.6 is 0 Å². The molecule has 0 heterocycles. The van der Waals surface area contributed by atoms with Gasteiger partial charge in [-0.15, -0.1) is 0 Å². The first kappa shape index (κ1) is 13.3. The molecule has 1 radical (unpaired) electrons. The molecule has 0 atom stereocenters. The van der Waals surface area contributed by atoms with Crippen LogP contribution in [-0.4, -0.2) is 0 Å². The van der Waals surface area contributed by atoms with Gasteiger partial charge in [0.2, 0.25) is 0 Å². The highest BCUT2D eigenvalue weighted by atomic mass is 14.0. The molecule has 0 aliphatic carbocycles. The normalized spacial score (nSPS) is 10.6. The van der Waals surface area contributed by atoms with Crippen molar-refractivity contribution in [3.05, 3.63) is 35.9 Å². The second-order valence-corrected chi connectivity index (χ2v) is 4.63. The molecule has 0 saturated heterocycles. The average molecular weight is 217 g/mol. The number of hydrogen-bond acceptors (Lipinski definition) is 0. The molecular weight excluding hydrogens is 192 g/mol. The summed E-state index contributed by atoms with van der Waals surface area (Å²) >= 11 is 0. The maximum atomic E-state index is 3.06. The van der Waals surface area contributed by atoms with E-state index in [0.717, 1.165) is 0 Å². The van der Waals surface area contributed by atoms with Crippen molar-refractivity contribution in [2.75, 3.05) is 0 Å². The summed E-state index contributed by atoms with van der Waals surface area (Å²) in [6.45, 7) is 2.28. The number of unbranched alkanes of at least 4 members (excludes halogenated alkanes) is 7. The van der Waals surface area contributed by atoms with Crippen LogP contribution in [0.2, 0.25) is 0 Å². The number of rotatable bonds is 9. The van der Waals surface area contributed by atoms with Gasteiger partial charge in [0.15, 0.2) is 0 Å². The van der Waals surface area contributed by atoms with E-state index in [1.807, 2.05) is 12.1 Å². The summed E-state index contributed by atoms with van der Waals surface area (Å²) in [4.78, 5) is 0. The second-order valence-electron chi connectivity index (χ2n) is 4.63. The summed E-state index contributed by atoms with van der Waals surface area (Å²) in [5.41, 5.74) is 1.46. The quantitative estimate of drug-likeness (QED) is 0.501. The molecule has 0 aliphatic rings. The molecule has 0 aromatic heterocycles. The van der Waals surface area contributed by atoms with Crippen molar-refractivity contribution in [1.29, 1.82) is 0 Å². The molecule has 0 aliphatic heterocycles. The Morgan fingerprint density at radius 1 is 0.812 bits per heavy atom. The van der Waals surface area contributed by atoms with E-state index >= 15 is 0 Å². The van der Waals surface area contributed by atoms with Crippen LogP contribution in [0.3, 0.4) is 0 Å². The van der Waals surface area contributed by atoms with Crippen molar-refractivity contribution in [3.63, 3.8) is 0 Å². The van der Waals surface area contributed by atoms with Gasteiger partial charge in [-0.05, 0) is 24.5 Å². The standard InChI is InChI=1S/C16H25/c1-2-3-4-5-6-7-8-10-13-16-14-11-9-12-15-16/h11-12,14-15H,2-8,10,13H2,1H3. The fourth-order valence-corrected chi connectivity index (χ4v) is 2.05. The molecule has 89 valence electrons. The van der Waals surface area contributed by atoms with Gasteiger partial charge in [0.25, 0.3) is 0 Å². The molecule has 0 unspecified atom stereocenters. The maximum Gasteiger partial charge on any atom is -0.0184 e. The third-order valence-corrected chi connectivity index (χ3v) is 3.11. The Bertz CT molecular complexity index is 237. The van der Waals surface area contributed by atoms with Gasteiger partial charge < -0.3 is 0 Å². The van der Waals surface area contributed by atoms with E-state index in [-0.39, 0.29) is 0 Å². The number of hydrogen-bond donors (Lipinski definition) is 0. The molecule has 1 rings (SSSR count). The maximum absolute atomic E-state index is 3.06. The first-order chi connectivity index (χ1) is 7.93. The predicted octanol–water partition coefficient (Wildman–Crippen LogP) is 5.17. The van der Waals surface area contributed by atoms with Gasteiger partial charge in [0.1, 0.15) is 0 Å². The van der Waals surface area contributed by atoms with E-state index in [2.05, 4.69) is 25.1 Å². The summed E-state index contributed by atoms with van der Waals surface area (Å²) in [6.07, 6.45) is 12.5. The highest BCUT2D eigenvalue weighted by molar-refractivity contribution is 5.13. The summed E-state index contributed by atoms with van der Waals surface area (Å²) in [5.74, 6) is 0. The third-order valence-electron chi connectivity index (χ3n) is 3.11. The monoisotopic (exact) mass is 217 g/mol. The largest absolute Gasteiger partial charge is 0.0654 e. The molecular formula is C16H25. The molecule has 1 aromatic carbocycles. The Morgan fingerprint density at radius 2 is 1.38 bits per heavy atom. The Kier molecular flexibility index (Phi) is 7.84. The van der Waals surface area contributed by atoms with E-state index in [1.165, 1.54) is 63.4 Å². The zero-order chi connectivity index (χ0) is 11.5. The number of aryl methyl sites for hydroxylation is 1. The molecule has 0 amide bonds. The van der Waals surface area contributed by atoms with Gasteiger partial charge in [0, 0.05) is 0 Å². The predicted molar refractivity (Wildman–Crippen MR) is 71.6 cm³/mol. The number of benzene rings is 1. The van der Waals surface area contributed by atoms with Gasteiger partial charge in [-0.25, -0.2) is 0 Å². The first-order valence-corrected chi connectivity index (χ1v) is 6.88. The first-order valence-electron chi connectivity index (χ1n) is 6.88. The molecule has 0 fully saturated rings. The van der Waals surface area contributed by atoms with Crippen LogP contribution in [0.4, 0.5) is 0 Å². The Labute approximate surface area is 101 Å². The van der Waals surface area contributed by atoms with Crippen molar-refractivity contribution in [2.24, 2.45) is 0 Å². The van der Waals surface area contributed by atoms with E-state index in [9.17, 15) is 0 Å². The SMILES string of the molecule is CCCCCCCCCCc1cc[c]cc1. The van der Waals surface area contributed by atoms with Crippen LogP contribution in [0.1, 0.15) is 63.9 Å². The lowest BCUT2D eigenvalue weighted by Gasteiger charge is -2.02. The minimum Gasteiger partial charge on any atom is -0.0654 e. The molecule has 1 aromatic rings. The van der Waals surface area contributed by atoms with E-state index in [0.29, 0.717) is 0 Å². The summed E-state index contributed by atoms with van der Waals surface area (Å²) in [6, 6.07) is 11.5. The van der Waals surface area contributed by atoms with Gasteiger partial charge in [-0.1, -0.05) is 76.1 Å². The van der Waals surface area contributed by atoms with Crippen LogP contribution in [-0.2, 0) is 6.42 Å². The Balaban J connectivity index is 1.89. The van der Waals surface area contributed by atoms with Crippen LogP contribution < -0.4 is 0 Å². The fraction of sp³-hybridized carbons (Fsp3) is 0.625. The van der Waals surface area contributed by atoms with Crippen LogP contribution in [0.15, 0.2) is 24.3 Å². The van der Waals surface area contributed by atoms with Gasteiger partial charge in [-0.3, -0.25) is 0 Å². The molecule has 0 saturated carbocycles. The lowest BCUT2D eigenvalue weighted by Crippen LogP contribution is -1.85. The van der Waals surface area contributed by atoms with Crippen LogP contribution in [0.25, 0.3) is 0 Å². The van der Waals surface area contributed by atoms with Crippen molar-refractivity contribution in [2.45, 2.75) is 64.7 Å².